The van der Waals surface area contributed by atoms with E-state index >= 15 is 0 Å². The lowest BCUT2D eigenvalue weighted by Crippen LogP contribution is -2.29. The van der Waals surface area contributed by atoms with Crippen molar-refractivity contribution in [3.63, 3.8) is 0 Å². The monoisotopic (exact) mass is 285 g/mol. The molecule has 3 rings (SSSR count). The van der Waals surface area contributed by atoms with Crippen LogP contribution < -0.4 is 11.3 Å². The summed E-state index contributed by atoms with van der Waals surface area (Å²) >= 11 is 1.65. The fourth-order valence-corrected chi connectivity index (χ4v) is 3.04. The van der Waals surface area contributed by atoms with Crippen molar-refractivity contribution in [1.82, 2.24) is 20.4 Å². The standard InChI is InChI=1S/C14H15N5S/c1-9-8-20-13(18-9)7-12(19-15)10-3-2-4-11-14(10)17-6-5-16-11/h2-6,8,12,19H,7,15H2,1H3. The first-order chi connectivity index (χ1) is 9.78. The predicted molar refractivity (Wildman–Crippen MR) is 80.2 cm³/mol. The van der Waals surface area contributed by atoms with E-state index in [1.807, 2.05) is 30.5 Å². The molecule has 3 N–H and O–H groups in total. The number of nitrogens with two attached hydrogens (primary N) is 1. The Hall–Kier alpha value is -1.89. The van der Waals surface area contributed by atoms with Crippen LogP contribution in [0.2, 0.25) is 0 Å². The molecule has 0 saturated carbocycles. The molecule has 0 radical (unpaired) electrons. The number of nitrogens with zero attached hydrogens (tertiary/aromatic N) is 3. The van der Waals surface area contributed by atoms with Crippen LogP contribution in [-0.2, 0) is 6.42 Å². The molecule has 1 atom stereocenters. The van der Waals surface area contributed by atoms with Gasteiger partial charge < -0.3 is 0 Å². The van der Waals surface area contributed by atoms with E-state index in [2.05, 4.69) is 20.4 Å². The van der Waals surface area contributed by atoms with Gasteiger partial charge >= 0.3 is 0 Å². The molecule has 6 heteroatoms. The van der Waals surface area contributed by atoms with Gasteiger partial charge in [-0.3, -0.25) is 21.2 Å². The van der Waals surface area contributed by atoms with Crippen molar-refractivity contribution >= 4 is 22.4 Å². The summed E-state index contributed by atoms with van der Waals surface area (Å²) < 4.78 is 0. The average Bonchev–Trinajstić information content (AvgIpc) is 2.89. The third-order valence-corrected chi connectivity index (χ3v) is 4.14. The summed E-state index contributed by atoms with van der Waals surface area (Å²) in [6.45, 7) is 1.99. The number of rotatable bonds is 4. The number of hydrogen-bond acceptors (Lipinski definition) is 6. The molecule has 0 fully saturated rings. The summed E-state index contributed by atoms with van der Waals surface area (Å²) in [6.07, 6.45) is 4.14. The summed E-state index contributed by atoms with van der Waals surface area (Å²) in [5.41, 5.74) is 6.71. The van der Waals surface area contributed by atoms with Crippen molar-refractivity contribution < 1.29 is 0 Å². The molecule has 0 saturated heterocycles. The lowest BCUT2D eigenvalue weighted by atomic mass is 10.0. The Morgan fingerprint density at radius 3 is 2.90 bits per heavy atom. The first-order valence-electron chi connectivity index (χ1n) is 6.34. The molecule has 0 spiro atoms. The molecule has 0 aliphatic carbocycles. The van der Waals surface area contributed by atoms with Crippen molar-refractivity contribution in [2.45, 2.75) is 19.4 Å². The fraction of sp³-hybridized carbons (Fsp3) is 0.214. The highest BCUT2D eigenvalue weighted by Gasteiger charge is 2.16. The van der Waals surface area contributed by atoms with E-state index in [1.165, 1.54) is 0 Å². The number of fused-ring (bicyclic) bond motifs is 1. The van der Waals surface area contributed by atoms with Crippen LogP contribution >= 0.6 is 11.3 Å². The minimum atomic E-state index is -0.0269. The molecule has 1 unspecified atom stereocenters. The first kappa shape index (κ1) is 13.1. The maximum atomic E-state index is 5.73. The molecule has 0 amide bonds. The number of aromatic nitrogens is 3. The highest BCUT2D eigenvalue weighted by Crippen LogP contribution is 2.24. The molecule has 0 bridgehead atoms. The van der Waals surface area contributed by atoms with Crippen LogP contribution in [-0.4, -0.2) is 15.0 Å². The second-order valence-corrected chi connectivity index (χ2v) is 5.52. The topological polar surface area (TPSA) is 76.7 Å². The van der Waals surface area contributed by atoms with Crippen molar-refractivity contribution in [2.75, 3.05) is 0 Å². The van der Waals surface area contributed by atoms with Gasteiger partial charge in [0.05, 0.1) is 22.1 Å². The second kappa shape index (κ2) is 5.62. The van der Waals surface area contributed by atoms with Crippen LogP contribution in [0.4, 0.5) is 0 Å². The fourth-order valence-electron chi connectivity index (χ4n) is 2.23. The molecule has 102 valence electrons. The van der Waals surface area contributed by atoms with Crippen LogP contribution in [0, 0.1) is 6.92 Å². The molecule has 2 aromatic heterocycles. The maximum Gasteiger partial charge on any atom is 0.0947 e. The van der Waals surface area contributed by atoms with Crippen molar-refractivity contribution in [2.24, 2.45) is 5.84 Å². The summed E-state index contributed by atoms with van der Waals surface area (Å²) in [5.74, 6) is 5.73. The van der Waals surface area contributed by atoms with Gasteiger partial charge in [0.1, 0.15) is 0 Å². The molecule has 0 aliphatic heterocycles. The smallest absolute Gasteiger partial charge is 0.0947 e. The zero-order chi connectivity index (χ0) is 13.9. The quantitative estimate of drug-likeness (QED) is 0.567. The van der Waals surface area contributed by atoms with Gasteiger partial charge in [-0.15, -0.1) is 11.3 Å². The number of aryl methyl sites for hydroxylation is 1. The predicted octanol–water partition coefficient (Wildman–Crippen LogP) is 2.14. The molecular formula is C14H15N5S. The van der Waals surface area contributed by atoms with Gasteiger partial charge in [0.15, 0.2) is 0 Å². The van der Waals surface area contributed by atoms with E-state index in [0.717, 1.165) is 33.7 Å². The Morgan fingerprint density at radius 1 is 1.30 bits per heavy atom. The Morgan fingerprint density at radius 2 is 2.15 bits per heavy atom. The van der Waals surface area contributed by atoms with Crippen LogP contribution in [0.3, 0.4) is 0 Å². The third-order valence-electron chi connectivity index (χ3n) is 3.15. The molecule has 3 aromatic rings. The van der Waals surface area contributed by atoms with Crippen LogP contribution in [0.5, 0.6) is 0 Å². The molecule has 5 nitrogen and oxygen atoms in total. The van der Waals surface area contributed by atoms with Gasteiger partial charge in [-0.25, -0.2) is 4.98 Å². The molecule has 0 aliphatic rings. The van der Waals surface area contributed by atoms with E-state index < -0.39 is 0 Å². The van der Waals surface area contributed by atoms with Crippen LogP contribution in [0.25, 0.3) is 11.0 Å². The van der Waals surface area contributed by atoms with Crippen LogP contribution in [0.1, 0.15) is 22.3 Å². The molecule has 20 heavy (non-hydrogen) atoms. The summed E-state index contributed by atoms with van der Waals surface area (Å²) in [7, 11) is 0. The lowest BCUT2D eigenvalue weighted by Gasteiger charge is -2.16. The average molecular weight is 285 g/mol. The summed E-state index contributed by atoms with van der Waals surface area (Å²) in [5, 5.41) is 3.11. The third kappa shape index (κ3) is 2.53. The Kier molecular flexibility index (Phi) is 3.68. The van der Waals surface area contributed by atoms with Gasteiger partial charge in [-0.2, -0.15) is 0 Å². The maximum absolute atomic E-state index is 5.73. The number of nitrogens with one attached hydrogen (secondary N) is 1. The lowest BCUT2D eigenvalue weighted by molar-refractivity contribution is 0.553. The van der Waals surface area contributed by atoms with E-state index in [1.54, 1.807) is 23.7 Å². The van der Waals surface area contributed by atoms with E-state index in [-0.39, 0.29) is 6.04 Å². The number of benzene rings is 1. The van der Waals surface area contributed by atoms with Gasteiger partial charge in [0.2, 0.25) is 0 Å². The van der Waals surface area contributed by atoms with Crippen LogP contribution in [0.15, 0.2) is 36.0 Å². The van der Waals surface area contributed by atoms with Gasteiger partial charge in [-0.1, -0.05) is 12.1 Å². The number of thiazole rings is 1. The van der Waals surface area contributed by atoms with Gasteiger partial charge in [-0.05, 0) is 18.6 Å². The molecule has 2 heterocycles. The normalized spacial score (nSPS) is 12.7. The Bertz CT molecular complexity index is 719. The van der Waals surface area contributed by atoms with Crippen molar-refractivity contribution in [3.05, 3.63) is 52.2 Å². The first-order valence-corrected chi connectivity index (χ1v) is 7.22. The zero-order valence-corrected chi connectivity index (χ0v) is 11.9. The van der Waals surface area contributed by atoms with E-state index in [0.29, 0.717) is 0 Å². The molecule has 1 aromatic carbocycles. The van der Waals surface area contributed by atoms with E-state index in [4.69, 9.17) is 5.84 Å². The number of para-hydroxylation sites is 1. The number of hydrogen-bond donors (Lipinski definition) is 2. The minimum Gasteiger partial charge on any atom is -0.271 e. The Balaban J connectivity index is 1.98. The minimum absolute atomic E-state index is 0.0269. The number of hydrazine groups is 1. The largest absolute Gasteiger partial charge is 0.271 e. The van der Waals surface area contributed by atoms with Crippen molar-refractivity contribution in [1.29, 1.82) is 0 Å². The molecular weight excluding hydrogens is 270 g/mol. The van der Waals surface area contributed by atoms with Gasteiger partial charge in [0.25, 0.3) is 0 Å². The SMILES string of the molecule is Cc1csc(CC(NN)c2cccc3nccnc23)n1. The van der Waals surface area contributed by atoms with Gasteiger partial charge in [0, 0.05) is 29.9 Å². The second-order valence-electron chi connectivity index (χ2n) is 4.58. The summed E-state index contributed by atoms with van der Waals surface area (Å²) in [4.78, 5) is 13.2. The highest BCUT2D eigenvalue weighted by molar-refractivity contribution is 7.09. The Labute approximate surface area is 120 Å². The van der Waals surface area contributed by atoms with E-state index in [9.17, 15) is 0 Å². The zero-order valence-electron chi connectivity index (χ0n) is 11.1. The van der Waals surface area contributed by atoms with Crippen molar-refractivity contribution in [3.8, 4) is 0 Å². The highest BCUT2D eigenvalue weighted by atomic mass is 32.1. The summed E-state index contributed by atoms with van der Waals surface area (Å²) in [6, 6.07) is 5.93.